The lowest BCUT2D eigenvalue weighted by Crippen LogP contribution is -2.47. The van der Waals surface area contributed by atoms with Crippen LogP contribution in [-0.4, -0.2) is 90.8 Å². The molecule has 11 nitrogen and oxygen atoms in total. The van der Waals surface area contributed by atoms with Crippen LogP contribution in [0, 0.1) is 0 Å². The minimum absolute atomic E-state index is 0.000205. The van der Waals surface area contributed by atoms with E-state index >= 15 is 0 Å². The van der Waals surface area contributed by atoms with Crippen molar-refractivity contribution in [2.24, 2.45) is 0 Å². The minimum Gasteiger partial charge on any atom is -0.379 e. The molecule has 3 aliphatic rings. The van der Waals surface area contributed by atoms with Crippen molar-refractivity contribution in [1.29, 1.82) is 0 Å². The van der Waals surface area contributed by atoms with Crippen molar-refractivity contribution in [1.82, 2.24) is 25.0 Å². The van der Waals surface area contributed by atoms with Crippen LogP contribution in [-0.2, 0) is 30.0 Å². The lowest BCUT2D eigenvalue weighted by atomic mass is 10.2. The average molecular weight is 478 g/mol. The zero-order chi connectivity index (χ0) is 23.8. The predicted molar refractivity (Wildman–Crippen MR) is 118 cm³/mol. The number of piperazine rings is 1. The van der Waals surface area contributed by atoms with Crippen molar-refractivity contribution in [3.63, 3.8) is 0 Å². The van der Waals surface area contributed by atoms with Gasteiger partial charge in [-0.15, -0.1) is 0 Å². The van der Waals surface area contributed by atoms with Crippen LogP contribution in [0.2, 0.25) is 0 Å². The zero-order valence-corrected chi connectivity index (χ0v) is 19.2. The summed E-state index contributed by atoms with van der Waals surface area (Å²) in [4.78, 5) is 57.4. The average Bonchev–Trinajstić information content (AvgIpc) is 3.34. The summed E-state index contributed by atoms with van der Waals surface area (Å²) in [6.45, 7) is 2.66. The first-order valence-corrected chi connectivity index (χ1v) is 12.6. The van der Waals surface area contributed by atoms with Crippen molar-refractivity contribution in [2.45, 2.75) is 30.4 Å². The van der Waals surface area contributed by atoms with E-state index in [0.717, 1.165) is 18.0 Å². The van der Waals surface area contributed by atoms with Gasteiger partial charge in [0.1, 0.15) is 11.1 Å². The molecule has 1 aromatic heterocycles. The van der Waals surface area contributed by atoms with Gasteiger partial charge < -0.3 is 20.1 Å². The summed E-state index contributed by atoms with van der Waals surface area (Å²) in [5.74, 6) is -1.68. The maximum absolute atomic E-state index is 13.2. The number of sulfone groups is 1. The first-order chi connectivity index (χ1) is 15.7. The van der Waals surface area contributed by atoms with Gasteiger partial charge in [0, 0.05) is 62.9 Å². The minimum atomic E-state index is -4.01. The molecule has 1 fully saturated rings. The Balaban J connectivity index is 1.51. The standard InChI is InChI=1S/C21H27N5O6S/c1-24-7-9-25(10-8-24)17(28)4-5-18(29)26-19(11-15-20(26)16(27)12-23-15)33(31,32)13-14-3-2-6-22-21(14)30/h2-3,6,19,23H,4-5,7-13H2,1H3,(H,22,30). The van der Waals surface area contributed by atoms with Crippen LogP contribution >= 0.6 is 0 Å². The van der Waals surface area contributed by atoms with Crippen LogP contribution in [0.4, 0.5) is 0 Å². The molecule has 0 saturated carbocycles. The Labute approximate surface area is 191 Å². The Hall–Kier alpha value is -2.99. The van der Waals surface area contributed by atoms with E-state index in [2.05, 4.69) is 15.2 Å². The number of aromatic amines is 1. The first kappa shape index (κ1) is 23.2. The van der Waals surface area contributed by atoms with Gasteiger partial charge in [0.15, 0.2) is 15.6 Å². The number of aromatic nitrogens is 1. The molecule has 33 heavy (non-hydrogen) atoms. The monoisotopic (exact) mass is 477 g/mol. The van der Waals surface area contributed by atoms with E-state index < -0.39 is 32.4 Å². The van der Waals surface area contributed by atoms with Gasteiger partial charge in [0.2, 0.25) is 11.8 Å². The van der Waals surface area contributed by atoms with Crippen LogP contribution in [0.15, 0.2) is 34.5 Å². The van der Waals surface area contributed by atoms with Crippen LogP contribution in [0.5, 0.6) is 0 Å². The van der Waals surface area contributed by atoms with Gasteiger partial charge in [-0.25, -0.2) is 8.42 Å². The summed E-state index contributed by atoms with van der Waals surface area (Å²) in [5, 5.41) is 1.57. The molecule has 0 spiro atoms. The maximum Gasteiger partial charge on any atom is 0.252 e. The molecule has 1 aromatic rings. The Morgan fingerprint density at radius 2 is 1.79 bits per heavy atom. The fourth-order valence-electron chi connectivity index (χ4n) is 4.39. The van der Waals surface area contributed by atoms with Gasteiger partial charge in [-0.3, -0.25) is 24.1 Å². The van der Waals surface area contributed by atoms with E-state index in [1.807, 2.05) is 7.05 Å². The van der Waals surface area contributed by atoms with Crippen LogP contribution in [0.1, 0.15) is 24.8 Å². The summed E-state index contributed by atoms with van der Waals surface area (Å²) < 4.78 is 26.5. The van der Waals surface area contributed by atoms with Gasteiger partial charge >= 0.3 is 0 Å². The number of carbonyl (C=O) groups is 3. The maximum atomic E-state index is 13.2. The Morgan fingerprint density at radius 3 is 2.48 bits per heavy atom. The lowest BCUT2D eigenvalue weighted by molar-refractivity contribution is -0.137. The molecule has 12 heteroatoms. The number of Topliss-reactive ketones (excluding diaryl/α,β-unsaturated/α-hetero) is 1. The highest BCUT2D eigenvalue weighted by atomic mass is 32.2. The SMILES string of the molecule is CN1CCN(C(=O)CCC(=O)N2C3=C(CC2S(=O)(=O)Cc2ccc[nH]c2=O)NCC3=O)CC1. The summed E-state index contributed by atoms with van der Waals surface area (Å²) in [7, 11) is -2.04. The molecular weight excluding hydrogens is 450 g/mol. The van der Waals surface area contributed by atoms with E-state index in [1.54, 1.807) is 4.90 Å². The molecule has 3 aliphatic heterocycles. The van der Waals surface area contributed by atoms with Crippen molar-refractivity contribution in [3.05, 3.63) is 45.6 Å². The topological polar surface area (TPSA) is 140 Å². The molecule has 1 saturated heterocycles. The van der Waals surface area contributed by atoms with Gasteiger partial charge in [0.05, 0.1) is 12.3 Å². The number of H-pyrrole nitrogens is 1. The van der Waals surface area contributed by atoms with Crippen molar-refractivity contribution < 1.29 is 22.8 Å². The number of hydrogen-bond donors (Lipinski definition) is 2. The molecule has 1 unspecified atom stereocenters. The van der Waals surface area contributed by atoms with Gasteiger partial charge in [-0.2, -0.15) is 0 Å². The fourth-order valence-corrected chi connectivity index (χ4v) is 6.20. The van der Waals surface area contributed by atoms with Gasteiger partial charge in [-0.05, 0) is 13.1 Å². The number of carbonyl (C=O) groups excluding carboxylic acids is 3. The molecule has 0 aromatic carbocycles. The van der Waals surface area contributed by atoms with Gasteiger partial charge in [-0.1, -0.05) is 6.07 Å². The zero-order valence-electron chi connectivity index (χ0n) is 18.4. The van der Waals surface area contributed by atoms with Crippen LogP contribution in [0.3, 0.4) is 0 Å². The molecule has 1 atom stereocenters. The van der Waals surface area contributed by atoms with Crippen LogP contribution in [0.25, 0.3) is 0 Å². The number of hydrogen-bond acceptors (Lipinski definition) is 8. The van der Waals surface area contributed by atoms with Gasteiger partial charge in [0.25, 0.3) is 5.56 Å². The molecule has 2 amide bonds. The lowest BCUT2D eigenvalue weighted by Gasteiger charge is -2.32. The molecular formula is C21H27N5O6S. The number of rotatable bonds is 6. The normalized spacial score (nSPS) is 21.4. The number of nitrogens with zero attached hydrogens (tertiary/aromatic N) is 3. The number of pyridine rings is 1. The molecule has 0 radical (unpaired) electrons. The quantitative estimate of drug-likeness (QED) is 0.520. The van der Waals surface area contributed by atoms with Crippen molar-refractivity contribution >= 4 is 27.4 Å². The van der Waals surface area contributed by atoms with E-state index in [0.29, 0.717) is 18.8 Å². The molecule has 0 bridgehead atoms. The number of likely N-dealkylation sites (N-methyl/N-ethyl adjacent to an activating group) is 1. The second-order valence-corrected chi connectivity index (χ2v) is 10.7. The van der Waals surface area contributed by atoms with Crippen LogP contribution < -0.4 is 10.9 Å². The summed E-state index contributed by atoms with van der Waals surface area (Å²) >= 11 is 0. The highest BCUT2D eigenvalue weighted by molar-refractivity contribution is 7.91. The summed E-state index contributed by atoms with van der Waals surface area (Å²) in [5.41, 5.74) is 0.00259. The third-order valence-corrected chi connectivity index (χ3v) is 8.19. The molecule has 4 heterocycles. The highest BCUT2D eigenvalue weighted by Gasteiger charge is 2.47. The number of amides is 2. The summed E-state index contributed by atoms with van der Waals surface area (Å²) in [6, 6.07) is 2.94. The fraction of sp³-hybridized carbons (Fsp3) is 0.524. The second-order valence-electron chi connectivity index (χ2n) is 8.54. The van der Waals surface area contributed by atoms with E-state index in [-0.39, 0.29) is 48.8 Å². The van der Waals surface area contributed by atoms with Crippen molar-refractivity contribution in [3.8, 4) is 0 Å². The Kier molecular flexibility index (Phi) is 6.39. The predicted octanol–water partition coefficient (Wildman–Crippen LogP) is -1.21. The largest absolute Gasteiger partial charge is 0.379 e. The smallest absolute Gasteiger partial charge is 0.252 e. The van der Waals surface area contributed by atoms with E-state index in [4.69, 9.17) is 0 Å². The third kappa shape index (κ3) is 4.71. The third-order valence-electron chi connectivity index (χ3n) is 6.27. The molecule has 178 valence electrons. The second kappa shape index (κ2) is 9.10. The van der Waals surface area contributed by atoms with E-state index in [1.165, 1.54) is 18.3 Å². The number of nitrogens with one attached hydrogen (secondary N) is 2. The van der Waals surface area contributed by atoms with E-state index in [9.17, 15) is 27.6 Å². The Morgan fingerprint density at radius 1 is 1.09 bits per heavy atom. The molecule has 2 N–H and O–H groups in total. The Bertz CT molecular complexity index is 1170. The molecule has 0 aliphatic carbocycles. The summed E-state index contributed by atoms with van der Waals surface area (Å²) in [6.07, 6.45) is 1.09. The highest BCUT2D eigenvalue weighted by Crippen LogP contribution is 2.35. The number of ketones is 1. The first-order valence-electron chi connectivity index (χ1n) is 10.8. The van der Waals surface area contributed by atoms with Crippen molar-refractivity contribution in [2.75, 3.05) is 39.8 Å². The molecule has 4 rings (SSSR count).